The number of rotatable bonds is 3. The van der Waals surface area contributed by atoms with E-state index < -0.39 is 0 Å². The van der Waals surface area contributed by atoms with Crippen molar-refractivity contribution < 1.29 is 0 Å². The highest BCUT2D eigenvalue weighted by Crippen LogP contribution is 2.13. The van der Waals surface area contributed by atoms with Gasteiger partial charge < -0.3 is 4.90 Å². The number of nitrogens with zero attached hydrogens (tertiary/aromatic N) is 2. The Kier molecular flexibility index (Phi) is 3.05. The summed E-state index contributed by atoms with van der Waals surface area (Å²) in [4.78, 5) is 2.08. The van der Waals surface area contributed by atoms with Gasteiger partial charge in [0.15, 0.2) is 0 Å². The molecular formula is C13H15N3. The van der Waals surface area contributed by atoms with E-state index in [0.717, 1.165) is 5.69 Å². The molecule has 1 N–H and O–H groups in total. The molecule has 0 radical (unpaired) electrons. The lowest BCUT2D eigenvalue weighted by atomic mass is 10.2. The molecule has 0 fully saturated rings. The highest BCUT2D eigenvalue weighted by molar-refractivity contribution is 5.68. The molecule has 16 heavy (non-hydrogen) atoms. The monoisotopic (exact) mass is 213 g/mol. The van der Waals surface area contributed by atoms with Gasteiger partial charge in [0.1, 0.15) is 0 Å². The Hall–Kier alpha value is -2.03. The third-order valence-corrected chi connectivity index (χ3v) is 2.38. The van der Waals surface area contributed by atoms with Crippen LogP contribution in [0, 0.1) is 0 Å². The van der Waals surface area contributed by atoms with Crippen LogP contribution in [-0.2, 0) is 0 Å². The molecule has 82 valence electrons. The predicted molar refractivity (Wildman–Crippen MR) is 68.3 cm³/mol. The largest absolute Gasteiger partial charge is 0.378 e. The Labute approximate surface area is 95.4 Å². The van der Waals surface area contributed by atoms with Crippen molar-refractivity contribution in [3.63, 3.8) is 0 Å². The van der Waals surface area contributed by atoms with E-state index in [4.69, 9.17) is 0 Å². The molecule has 0 aliphatic carbocycles. The predicted octanol–water partition coefficient (Wildman–Crippen LogP) is 2.65. The summed E-state index contributed by atoms with van der Waals surface area (Å²) in [6.07, 6.45) is 5.85. The number of hydrogen-bond acceptors (Lipinski definition) is 2. The lowest BCUT2D eigenvalue weighted by molar-refractivity contribution is 1.08. The van der Waals surface area contributed by atoms with Crippen LogP contribution in [0.15, 0.2) is 36.5 Å². The summed E-state index contributed by atoms with van der Waals surface area (Å²) in [5.41, 5.74) is 3.32. The van der Waals surface area contributed by atoms with Crippen molar-refractivity contribution in [3.8, 4) is 0 Å². The van der Waals surface area contributed by atoms with Gasteiger partial charge >= 0.3 is 0 Å². The van der Waals surface area contributed by atoms with Crippen LogP contribution in [-0.4, -0.2) is 24.3 Å². The van der Waals surface area contributed by atoms with Crippen molar-refractivity contribution in [2.45, 2.75) is 0 Å². The molecule has 2 rings (SSSR count). The average molecular weight is 213 g/mol. The molecule has 0 unspecified atom stereocenters. The van der Waals surface area contributed by atoms with Gasteiger partial charge in [-0.05, 0) is 29.8 Å². The van der Waals surface area contributed by atoms with Crippen LogP contribution in [0.2, 0.25) is 0 Å². The summed E-state index contributed by atoms with van der Waals surface area (Å²) in [7, 11) is 4.07. The third kappa shape index (κ3) is 2.51. The Morgan fingerprint density at radius 1 is 1.06 bits per heavy atom. The van der Waals surface area contributed by atoms with Crippen molar-refractivity contribution in [3.05, 3.63) is 47.8 Å². The van der Waals surface area contributed by atoms with E-state index in [1.165, 1.54) is 11.3 Å². The molecule has 0 atom stereocenters. The van der Waals surface area contributed by atoms with Crippen molar-refractivity contribution in [1.29, 1.82) is 0 Å². The van der Waals surface area contributed by atoms with Crippen LogP contribution in [0.3, 0.4) is 0 Å². The fraction of sp³-hybridized carbons (Fsp3) is 0.154. The number of nitrogens with one attached hydrogen (secondary N) is 1. The van der Waals surface area contributed by atoms with E-state index in [0.29, 0.717) is 0 Å². The Bertz CT molecular complexity index is 452. The molecular weight excluding hydrogens is 198 g/mol. The van der Waals surface area contributed by atoms with Gasteiger partial charge in [0.2, 0.25) is 0 Å². The van der Waals surface area contributed by atoms with Gasteiger partial charge in [-0.3, -0.25) is 5.10 Å². The first kappa shape index (κ1) is 10.5. The van der Waals surface area contributed by atoms with E-state index in [1.807, 2.05) is 32.4 Å². The van der Waals surface area contributed by atoms with Crippen LogP contribution in [0.5, 0.6) is 0 Å². The molecule has 1 aromatic carbocycles. The summed E-state index contributed by atoms with van der Waals surface area (Å²) in [5, 5.41) is 6.84. The zero-order valence-electron chi connectivity index (χ0n) is 9.51. The number of aromatic amines is 1. The molecule has 0 aliphatic heterocycles. The highest BCUT2D eigenvalue weighted by atomic mass is 15.1. The normalized spacial score (nSPS) is 10.9. The van der Waals surface area contributed by atoms with E-state index in [2.05, 4.69) is 45.4 Å². The minimum Gasteiger partial charge on any atom is -0.378 e. The lowest BCUT2D eigenvalue weighted by Crippen LogP contribution is -2.07. The zero-order chi connectivity index (χ0) is 11.4. The first-order chi connectivity index (χ1) is 7.75. The fourth-order valence-corrected chi connectivity index (χ4v) is 1.43. The number of benzene rings is 1. The van der Waals surface area contributed by atoms with Gasteiger partial charge in [0.05, 0.1) is 5.69 Å². The standard InChI is InChI=1S/C13H15N3/c1-16(2)13-7-4-11(5-8-13)3-6-12-9-10-14-15-12/h3-10H,1-2H3,(H,14,15). The Morgan fingerprint density at radius 3 is 2.38 bits per heavy atom. The second-order valence-corrected chi connectivity index (χ2v) is 3.82. The zero-order valence-corrected chi connectivity index (χ0v) is 9.51. The second kappa shape index (κ2) is 4.66. The first-order valence-corrected chi connectivity index (χ1v) is 5.21. The summed E-state index contributed by atoms with van der Waals surface area (Å²) in [6.45, 7) is 0. The molecule has 1 heterocycles. The maximum absolute atomic E-state index is 4.06. The van der Waals surface area contributed by atoms with Crippen LogP contribution >= 0.6 is 0 Å². The van der Waals surface area contributed by atoms with Crippen molar-refractivity contribution in [2.75, 3.05) is 19.0 Å². The van der Waals surface area contributed by atoms with Gasteiger partial charge in [0.25, 0.3) is 0 Å². The Morgan fingerprint density at radius 2 is 1.81 bits per heavy atom. The third-order valence-electron chi connectivity index (χ3n) is 2.38. The minimum atomic E-state index is 0.941. The lowest BCUT2D eigenvalue weighted by Gasteiger charge is -2.11. The number of anilines is 1. The van der Waals surface area contributed by atoms with E-state index in [1.54, 1.807) is 0 Å². The highest BCUT2D eigenvalue weighted by Gasteiger charge is 1.93. The molecule has 0 aliphatic rings. The van der Waals surface area contributed by atoms with Crippen molar-refractivity contribution >= 4 is 17.8 Å². The summed E-state index contributed by atoms with van der Waals surface area (Å²) in [6, 6.07) is 10.3. The van der Waals surface area contributed by atoms with Crippen LogP contribution in [0.1, 0.15) is 11.3 Å². The molecule has 0 saturated carbocycles. The maximum Gasteiger partial charge on any atom is 0.0848 e. The molecule has 0 saturated heterocycles. The molecule has 3 heteroatoms. The van der Waals surface area contributed by atoms with Crippen LogP contribution in [0.4, 0.5) is 5.69 Å². The number of aromatic nitrogens is 2. The van der Waals surface area contributed by atoms with E-state index in [9.17, 15) is 0 Å². The topological polar surface area (TPSA) is 31.9 Å². The van der Waals surface area contributed by atoms with Crippen LogP contribution in [0.25, 0.3) is 12.2 Å². The second-order valence-electron chi connectivity index (χ2n) is 3.82. The minimum absolute atomic E-state index is 0.941. The summed E-state index contributed by atoms with van der Waals surface area (Å²) in [5.74, 6) is 0. The number of hydrogen-bond donors (Lipinski definition) is 1. The SMILES string of the molecule is CN(C)c1ccc(C=Cc2cc[nH]n2)cc1. The van der Waals surface area contributed by atoms with Gasteiger partial charge in [-0.1, -0.05) is 18.2 Å². The van der Waals surface area contributed by atoms with E-state index >= 15 is 0 Å². The van der Waals surface area contributed by atoms with Crippen molar-refractivity contribution in [2.24, 2.45) is 0 Å². The molecule has 0 amide bonds. The first-order valence-electron chi connectivity index (χ1n) is 5.21. The quantitative estimate of drug-likeness (QED) is 0.850. The van der Waals surface area contributed by atoms with Crippen LogP contribution < -0.4 is 4.90 Å². The molecule has 0 spiro atoms. The summed E-state index contributed by atoms with van der Waals surface area (Å²) >= 11 is 0. The molecule has 0 bridgehead atoms. The van der Waals surface area contributed by atoms with E-state index in [-0.39, 0.29) is 0 Å². The van der Waals surface area contributed by atoms with Gasteiger partial charge in [-0.2, -0.15) is 5.10 Å². The summed E-state index contributed by atoms with van der Waals surface area (Å²) < 4.78 is 0. The molecule has 1 aromatic heterocycles. The molecule has 3 nitrogen and oxygen atoms in total. The fourth-order valence-electron chi connectivity index (χ4n) is 1.43. The van der Waals surface area contributed by atoms with Gasteiger partial charge in [0, 0.05) is 26.0 Å². The van der Waals surface area contributed by atoms with Gasteiger partial charge in [-0.25, -0.2) is 0 Å². The van der Waals surface area contributed by atoms with Crippen molar-refractivity contribution in [1.82, 2.24) is 10.2 Å². The average Bonchev–Trinajstić information content (AvgIpc) is 2.80. The number of H-pyrrole nitrogens is 1. The smallest absolute Gasteiger partial charge is 0.0848 e. The van der Waals surface area contributed by atoms with Gasteiger partial charge in [-0.15, -0.1) is 0 Å². The molecule has 2 aromatic rings. The Balaban J connectivity index is 2.11. The maximum atomic E-state index is 4.06.